The minimum Gasteiger partial charge on any atom is -0.457 e. The van der Waals surface area contributed by atoms with E-state index in [2.05, 4.69) is 26.8 Å². The van der Waals surface area contributed by atoms with E-state index in [9.17, 15) is 4.79 Å². The molecule has 132 valence electrons. The normalized spacial score (nSPS) is 55.8. The minimum absolute atomic E-state index is 0.0454. The number of esters is 1. The van der Waals surface area contributed by atoms with Crippen molar-refractivity contribution in [1.29, 1.82) is 0 Å². The van der Waals surface area contributed by atoms with Gasteiger partial charge in [0.15, 0.2) is 0 Å². The average Bonchev–Trinajstić information content (AvgIpc) is 2.89. The zero-order chi connectivity index (χ0) is 16.7. The number of carbonyl (C=O) groups is 1. The molecule has 0 aromatic heterocycles. The van der Waals surface area contributed by atoms with Gasteiger partial charge in [0, 0.05) is 5.41 Å². The molecule has 1 saturated heterocycles. The highest BCUT2D eigenvalue weighted by Gasteiger charge is 2.72. The largest absolute Gasteiger partial charge is 0.457 e. The summed E-state index contributed by atoms with van der Waals surface area (Å²) in [6.45, 7) is 7.16. The van der Waals surface area contributed by atoms with E-state index >= 15 is 0 Å². The molecule has 1 aliphatic heterocycles. The van der Waals surface area contributed by atoms with Gasteiger partial charge in [0.1, 0.15) is 5.60 Å². The van der Waals surface area contributed by atoms with Gasteiger partial charge in [-0.3, -0.25) is 4.79 Å². The first-order valence-electron chi connectivity index (χ1n) is 10.3. The van der Waals surface area contributed by atoms with Crippen LogP contribution < -0.4 is 0 Å². The van der Waals surface area contributed by atoms with Crippen molar-refractivity contribution >= 4 is 5.97 Å². The molecule has 0 aromatic rings. The van der Waals surface area contributed by atoms with Crippen molar-refractivity contribution in [1.82, 2.24) is 0 Å². The molecular formula is C22H32O2. The molecule has 0 aromatic carbocycles. The maximum Gasteiger partial charge on any atom is 0.313 e. The van der Waals surface area contributed by atoms with E-state index in [0.717, 1.165) is 24.2 Å². The highest BCUT2D eigenvalue weighted by atomic mass is 16.6. The second-order valence-corrected chi connectivity index (χ2v) is 9.99. The van der Waals surface area contributed by atoms with Crippen molar-refractivity contribution in [3.05, 3.63) is 11.6 Å². The Morgan fingerprint density at radius 2 is 1.88 bits per heavy atom. The maximum atomic E-state index is 11.9. The summed E-state index contributed by atoms with van der Waals surface area (Å²) in [6.07, 6.45) is 14.5. The van der Waals surface area contributed by atoms with E-state index in [-0.39, 0.29) is 22.9 Å². The fourth-order valence-electron chi connectivity index (χ4n) is 8.10. The first kappa shape index (κ1) is 15.5. The molecule has 0 N–H and O–H groups in total. The third kappa shape index (κ3) is 1.57. The van der Waals surface area contributed by atoms with Gasteiger partial charge < -0.3 is 4.74 Å². The number of hydrogen-bond donors (Lipinski definition) is 0. The van der Waals surface area contributed by atoms with Gasteiger partial charge in [-0.1, -0.05) is 31.9 Å². The highest BCUT2D eigenvalue weighted by molar-refractivity contribution is 5.80. The van der Waals surface area contributed by atoms with Crippen LogP contribution >= 0.6 is 0 Å². The quantitative estimate of drug-likeness (QED) is 0.447. The zero-order valence-corrected chi connectivity index (χ0v) is 15.6. The van der Waals surface area contributed by atoms with Gasteiger partial charge in [-0.15, -0.1) is 0 Å². The second kappa shape index (κ2) is 4.68. The number of rotatable bonds is 0. The molecule has 2 nitrogen and oxygen atoms in total. The van der Waals surface area contributed by atoms with Crippen LogP contribution in [-0.2, 0) is 9.53 Å². The molecule has 7 unspecified atom stereocenters. The van der Waals surface area contributed by atoms with Crippen molar-refractivity contribution in [2.24, 2.45) is 34.5 Å². The summed E-state index contributed by atoms with van der Waals surface area (Å²) in [5, 5.41) is 0. The van der Waals surface area contributed by atoms with E-state index in [1.165, 1.54) is 51.4 Å². The fourth-order valence-corrected chi connectivity index (χ4v) is 8.10. The van der Waals surface area contributed by atoms with Gasteiger partial charge in [0.25, 0.3) is 0 Å². The number of carbonyl (C=O) groups excluding carboxylic acids is 1. The highest BCUT2D eigenvalue weighted by Crippen LogP contribution is 2.70. The lowest BCUT2D eigenvalue weighted by Crippen LogP contribution is -2.65. The Kier molecular flexibility index (Phi) is 3.01. The molecule has 5 rings (SSSR count). The molecular weight excluding hydrogens is 296 g/mol. The lowest BCUT2D eigenvalue weighted by molar-refractivity contribution is -0.246. The summed E-state index contributed by atoms with van der Waals surface area (Å²) in [6, 6.07) is 0. The van der Waals surface area contributed by atoms with Crippen molar-refractivity contribution in [2.45, 2.75) is 84.2 Å². The first-order chi connectivity index (χ1) is 11.4. The second-order valence-electron chi connectivity index (χ2n) is 9.99. The molecule has 4 fully saturated rings. The average molecular weight is 328 g/mol. The zero-order valence-electron chi connectivity index (χ0n) is 15.6. The van der Waals surface area contributed by atoms with E-state index in [4.69, 9.17) is 4.74 Å². The molecule has 0 amide bonds. The Hall–Kier alpha value is -0.790. The van der Waals surface area contributed by atoms with Gasteiger partial charge in [0.2, 0.25) is 0 Å². The summed E-state index contributed by atoms with van der Waals surface area (Å²) >= 11 is 0. The van der Waals surface area contributed by atoms with E-state index < -0.39 is 0 Å². The summed E-state index contributed by atoms with van der Waals surface area (Å²) in [5.41, 5.74) is 2.35. The molecule has 2 heteroatoms. The summed E-state index contributed by atoms with van der Waals surface area (Å²) in [4.78, 5) is 11.9. The maximum absolute atomic E-state index is 11.9. The number of ether oxygens (including phenoxy) is 1. The van der Waals surface area contributed by atoms with E-state index in [0.29, 0.717) is 5.41 Å². The van der Waals surface area contributed by atoms with Gasteiger partial charge in [-0.2, -0.15) is 0 Å². The molecule has 1 heterocycles. The lowest BCUT2D eigenvalue weighted by atomic mass is 9.46. The monoisotopic (exact) mass is 328 g/mol. The molecule has 24 heavy (non-hydrogen) atoms. The van der Waals surface area contributed by atoms with Gasteiger partial charge in [-0.25, -0.2) is 0 Å². The Morgan fingerprint density at radius 1 is 1.08 bits per heavy atom. The van der Waals surface area contributed by atoms with E-state index in [1.54, 1.807) is 5.57 Å². The molecule has 4 aliphatic carbocycles. The molecule has 0 radical (unpaired) electrons. The summed E-state index contributed by atoms with van der Waals surface area (Å²) in [5.74, 6) is 2.61. The van der Waals surface area contributed by atoms with Crippen molar-refractivity contribution in [3.8, 4) is 0 Å². The fraction of sp³-hybridized carbons (Fsp3) is 0.864. The summed E-state index contributed by atoms with van der Waals surface area (Å²) < 4.78 is 5.93. The van der Waals surface area contributed by atoms with Crippen molar-refractivity contribution in [3.63, 3.8) is 0 Å². The van der Waals surface area contributed by atoms with Gasteiger partial charge in [-0.05, 0) is 81.5 Å². The summed E-state index contributed by atoms with van der Waals surface area (Å²) in [7, 11) is 0. The molecule has 7 atom stereocenters. The minimum atomic E-state index is -0.128. The molecule has 0 bridgehead atoms. The Bertz CT molecular complexity index is 621. The van der Waals surface area contributed by atoms with Crippen LogP contribution in [0.3, 0.4) is 0 Å². The van der Waals surface area contributed by atoms with Crippen molar-refractivity contribution < 1.29 is 9.53 Å². The predicted octanol–water partition coefficient (Wildman–Crippen LogP) is 5.27. The lowest BCUT2D eigenvalue weighted by Gasteiger charge is -2.61. The van der Waals surface area contributed by atoms with Crippen LogP contribution in [-0.4, -0.2) is 11.6 Å². The van der Waals surface area contributed by atoms with Gasteiger partial charge in [0.05, 0.1) is 5.92 Å². The van der Waals surface area contributed by atoms with Crippen LogP contribution in [0.25, 0.3) is 0 Å². The van der Waals surface area contributed by atoms with Crippen LogP contribution in [0.2, 0.25) is 0 Å². The van der Waals surface area contributed by atoms with E-state index in [1.807, 2.05) is 0 Å². The van der Waals surface area contributed by atoms with Crippen LogP contribution in [0.4, 0.5) is 0 Å². The Morgan fingerprint density at radius 3 is 2.62 bits per heavy atom. The van der Waals surface area contributed by atoms with Gasteiger partial charge >= 0.3 is 5.97 Å². The topological polar surface area (TPSA) is 26.3 Å². The SMILES string of the molecule is CC1C(=O)OC12CCC1C3CC=C4CCCCC4(C)C3CCC12C. The third-order valence-electron chi connectivity index (χ3n) is 9.54. The van der Waals surface area contributed by atoms with Crippen LogP contribution in [0.1, 0.15) is 78.6 Å². The third-order valence-corrected chi connectivity index (χ3v) is 9.54. The first-order valence-corrected chi connectivity index (χ1v) is 10.3. The molecule has 3 saturated carbocycles. The van der Waals surface area contributed by atoms with Crippen LogP contribution in [0.15, 0.2) is 11.6 Å². The number of hydrogen-bond acceptors (Lipinski definition) is 2. The number of allylic oxidation sites excluding steroid dienone is 2. The Balaban J connectivity index is 1.51. The van der Waals surface area contributed by atoms with Crippen molar-refractivity contribution in [2.75, 3.05) is 0 Å². The van der Waals surface area contributed by atoms with Crippen LogP contribution in [0.5, 0.6) is 0 Å². The smallest absolute Gasteiger partial charge is 0.313 e. The predicted molar refractivity (Wildman–Crippen MR) is 94.3 cm³/mol. The molecule has 5 aliphatic rings. The van der Waals surface area contributed by atoms with Crippen LogP contribution in [0, 0.1) is 34.5 Å². The standard InChI is InChI=1S/C22H32O2/c1-14-19(23)24-22(14)13-10-18-16-8-7-15-6-4-5-11-20(15,2)17(16)9-12-21(18,22)3/h7,14,16-18H,4-6,8-13H2,1-3H3. The Labute approximate surface area is 146 Å². The molecule has 1 spiro atoms. The number of fused-ring (bicyclic) bond motifs is 6.